The van der Waals surface area contributed by atoms with Gasteiger partial charge in [0.05, 0.1) is 4.90 Å². The number of rotatable bonds is 4. The van der Waals surface area contributed by atoms with Gasteiger partial charge in [-0.25, -0.2) is 13.1 Å². The van der Waals surface area contributed by atoms with Gasteiger partial charge in [0, 0.05) is 15.7 Å². The van der Waals surface area contributed by atoms with E-state index in [1.165, 1.54) is 12.1 Å². The molecule has 0 amide bonds. The monoisotopic (exact) mass is 320 g/mol. The summed E-state index contributed by atoms with van der Waals surface area (Å²) in [5.74, 6) is 0. The van der Waals surface area contributed by atoms with Crippen LogP contribution in [0.15, 0.2) is 27.6 Å². The third kappa shape index (κ3) is 3.69. The molecule has 0 aliphatic rings. The molecule has 0 spiro atoms. The fourth-order valence-corrected chi connectivity index (χ4v) is 3.21. The van der Waals surface area contributed by atoms with Crippen molar-refractivity contribution in [3.05, 3.63) is 22.7 Å². The number of hydrogen-bond donors (Lipinski definition) is 2. The van der Waals surface area contributed by atoms with Gasteiger partial charge in [-0.3, -0.25) is 0 Å². The summed E-state index contributed by atoms with van der Waals surface area (Å²) in [4.78, 5) is 0.208. The lowest BCUT2D eigenvalue weighted by Crippen LogP contribution is -2.42. The molecule has 0 fully saturated rings. The van der Waals surface area contributed by atoms with E-state index in [0.29, 0.717) is 16.6 Å². The molecule has 4 nitrogen and oxygen atoms in total. The molecule has 0 aromatic heterocycles. The average molecular weight is 321 g/mol. The van der Waals surface area contributed by atoms with E-state index in [0.717, 1.165) is 0 Å². The second-order valence-corrected chi connectivity index (χ2v) is 7.06. The van der Waals surface area contributed by atoms with Crippen molar-refractivity contribution in [3.63, 3.8) is 0 Å². The second kappa shape index (κ2) is 4.96. The maximum Gasteiger partial charge on any atom is 0.241 e. The molecular formula is C11H17BrN2O2S. The Balaban J connectivity index is 3.10. The van der Waals surface area contributed by atoms with Crippen LogP contribution in [0.1, 0.15) is 27.2 Å². The molecule has 17 heavy (non-hydrogen) atoms. The Morgan fingerprint density at radius 2 is 2.00 bits per heavy atom. The number of anilines is 1. The molecule has 1 aromatic rings. The first-order valence-corrected chi connectivity index (χ1v) is 7.54. The molecule has 6 heteroatoms. The lowest BCUT2D eigenvalue weighted by Gasteiger charge is -2.24. The van der Waals surface area contributed by atoms with E-state index >= 15 is 0 Å². The van der Waals surface area contributed by atoms with Crippen LogP contribution in [0.5, 0.6) is 0 Å². The largest absolute Gasteiger partial charge is 0.398 e. The zero-order chi connectivity index (χ0) is 13.3. The summed E-state index contributed by atoms with van der Waals surface area (Å²) >= 11 is 3.22. The normalized spacial score (nSPS) is 12.7. The van der Waals surface area contributed by atoms with Crippen LogP contribution in [0.4, 0.5) is 5.69 Å². The van der Waals surface area contributed by atoms with Crippen LogP contribution in [0.2, 0.25) is 0 Å². The van der Waals surface area contributed by atoms with Gasteiger partial charge < -0.3 is 5.73 Å². The van der Waals surface area contributed by atoms with Crippen molar-refractivity contribution in [1.82, 2.24) is 4.72 Å². The smallest absolute Gasteiger partial charge is 0.241 e. The number of nitrogens with one attached hydrogen (secondary N) is 1. The Hall–Kier alpha value is -0.590. The van der Waals surface area contributed by atoms with Crippen LogP contribution in [0.25, 0.3) is 0 Å². The number of hydrogen-bond acceptors (Lipinski definition) is 3. The van der Waals surface area contributed by atoms with Crippen molar-refractivity contribution >= 4 is 31.6 Å². The Morgan fingerprint density at radius 3 is 2.47 bits per heavy atom. The molecule has 0 atom stereocenters. The van der Waals surface area contributed by atoms with Gasteiger partial charge in [-0.1, -0.05) is 6.92 Å². The first-order chi connectivity index (χ1) is 7.68. The lowest BCUT2D eigenvalue weighted by molar-refractivity contribution is 0.439. The van der Waals surface area contributed by atoms with Crippen LogP contribution >= 0.6 is 15.9 Å². The van der Waals surface area contributed by atoms with E-state index in [4.69, 9.17) is 5.73 Å². The maximum absolute atomic E-state index is 12.1. The van der Waals surface area contributed by atoms with Crippen molar-refractivity contribution in [2.75, 3.05) is 5.73 Å². The Bertz CT molecular complexity index is 512. The van der Waals surface area contributed by atoms with Gasteiger partial charge in [0.2, 0.25) is 10.0 Å². The van der Waals surface area contributed by atoms with Gasteiger partial charge in [0.25, 0.3) is 0 Å². The number of benzene rings is 1. The molecule has 0 saturated carbocycles. The summed E-state index contributed by atoms with van der Waals surface area (Å²) in [6.45, 7) is 5.62. The molecule has 3 N–H and O–H groups in total. The summed E-state index contributed by atoms with van der Waals surface area (Å²) < 4.78 is 27.4. The molecular weight excluding hydrogens is 304 g/mol. The highest BCUT2D eigenvalue weighted by Crippen LogP contribution is 2.24. The van der Waals surface area contributed by atoms with E-state index in [9.17, 15) is 8.42 Å². The minimum Gasteiger partial charge on any atom is -0.398 e. The molecule has 0 bridgehead atoms. The van der Waals surface area contributed by atoms with Crippen LogP contribution in [-0.4, -0.2) is 14.0 Å². The maximum atomic E-state index is 12.1. The van der Waals surface area contributed by atoms with Gasteiger partial charge in [-0.15, -0.1) is 0 Å². The van der Waals surface area contributed by atoms with Crippen LogP contribution in [0, 0.1) is 0 Å². The summed E-state index contributed by atoms with van der Waals surface area (Å²) in [7, 11) is -3.50. The summed E-state index contributed by atoms with van der Waals surface area (Å²) in [5.41, 5.74) is 5.67. The molecule has 0 aliphatic carbocycles. The van der Waals surface area contributed by atoms with Gasteiger partial charge in [0.15, 0.2) is 0 Å². The summed E-state index contributed by atoms with van der Waals surface area (Å²) in [5, 5.41) is 0. The first-order valence-electron chi connectivity index (χ1n) is 5.27. The Kier molecular flexibility index (Phi) is 4.22. The third-order valence-corrected chi connectivity index (χ3v) is 4.96. The number of nitrogens with two attached hydrogens (primary N) is 1. The predicted molar refractivity (Wildman–Crippen MR) is 73.2 cm³/mol. The third-order valence-electron chi connectivity index (χ3n) is 2.58. The quantitative estimate of drug-likeness (QED) is 0.837. The fourth-order valence-electron chi connectivity index (χ4n) is 1.17. The molecule has 0 unspecified atom stereocenters. The number of halogens is 1. The van der Waals surface area contributed by atoms with E-state index in [1.54, 1.807) is 6.07 Å². The Labute approximate surface area is 111 Å². The molecule has 1 rings (SSSR count). The van der Waals surface area contributed by atoms with E-state index in [2.05, 4.69) is 20.7 Å². The van der Waals surface area contributed by atoms with Crippen molar-refractivity contribution in [3.8, 4) is 0 Å². The van der Waals surface area contributed by atoms with Gasteiger partial charge in [0.1, 0.15) is 0 Å². The summed E-state index contributed by atoms with van der Waals surface area (Å²) in [6.07, 6.45) is 0.711. The zero-order valence-electron chi connectivity index (χ0n) is 10.1. The van der Waals surface area contributed by atoms with Crippen LogP contribution in [0.3, 0.4) is 0 Å². The molecule has 96 valence electrons. The molecule has 1 aromatic carbocycles. The average Bonchev–Trinajstić information content (AvgIpc) is 2.20. The predicted octanol–water partition coefficient (Wildman–Crippen LogP) is 2.50. The Morgan fingerprint density at radius 1 is 1.41 bits per heavy atom. The lowest BCUT2D eigenvalue weighted by atomic mass is 10.0. The highest BCUT2D eigenvalue weighted by Gasteiger charge is 2.24. The second-order valence-electron chi connectivity index (χ2n) is 4.53. The molecule has 0 heterocycles. The number of nitrogen functional groups attached to an aromatic ring is 1. The van der Waals surface area contributed by atoms with Gasteiger partial charge >= 0.3 is 0 Å². The molecule has 0 saturated heterocycles. The molecule has 0 radical (unpaired) electrons. The van der Waals surface area contributed by atoms with Crippen molar-refractivity contribution in [1.29, 1.82) is 0 Å². The minimum absolute atomic E-state index is 0.208. The van der Waals surface area contributed by atoms with E-state index in [-0.39, 0.29) is 4.90 Å². The zero-order valence-corrected chi connectivity index (χ0v) is 12.5. The van der Waals surface area contributed by atoms with Crippen molar-refractivity contribution < 1.29 is 8.42 Å². The van der Waals surface area contributed by atoms with Crippen molar-refractivity contribution in [2.24, 2.45) is 0 Å². The van der Waals surface area contributed by atoms with Crippen LogP contribution in [-0.2, 0) is 10.0 Å². The standard InChI is InChI=1S/C11H17BrN2O2S/c1-4-11(2,3)14-17(15,16)8-5-6-10(13)9(12)7-8/h5-7,14H,4,13H2,1-3H3. The van der Waals surface area contributed by atoms with E-state index < -0.39 is 15.6 Å². The molecule has 0 aliphatic heterocycles. The highest BCUT2D eigenvalue weighted by atomic mass is 79.9. The SMILES string of the molecule is CCC(C)(C)NS(=O)(=O)c1ccc(N)c(Br)c1. The summed E-state index contributed by atoms with van der Waals surface area (Å²) in [6, 6.07) is 4.56. The fraction of sp³-hybridized carbons (Fsp3) is 0.455. The van der Waals surface area contributed by atoms with Crippen LogP contribution < -0.4 is 10.5 Å². The topological polar surface area (TPSA) is 72.2 Å². The van der Waals surface area contributed by atoms with Gasteiger partial charge in [-0.2, -0.15) is 0 Å². The van der Waals surface area contributed by atoms with Gasteiger partial charge in [-0.05, 0) is 54.4 Å². The first kappa shape index (κ1) is 14.5. The van der Waals surface area contributed by atoms with E-state index in [1.807, 2.05) is 20.8 Å². The number of sulfonamides is 1. The minimum atomic E-state index is -3.50. The highest BCUT2D eigenvalue weighted by molar-refractivity contribution is 9.10. The van der Waals surface area contributed by atoms with Crippen molar-refractivity contribution in [2.45, 2.75) is 37.6 Å².